The lowest BCUT2D eigenvalue weighted by atomic mass is 9.96. The molecule has 0 spiro atoms. The molecular weight excluding hydrogens is 294 g/mol. The highest BCUT2D eigenvalue weighted by atomic mass is 15.1. The van der Waals surface area contributed by atoms with Gasteiger partial charge in [-0.1, -0.05) is 48.5 Å². The summed E-state index contributed by atoms with van der Waals surface area (Å²) in [5.41, 5.74) is 4.92. The van der Waals surface area contributed by atoms with Crippen molar-refractivity contribution in [2.45, 2.75) is 25.9 Å². The second kappa shape index (κ2) is 6.90. The van der Waals surface area contributed by atoms with Gasteiger partial charge in [-0.15, -0.1) is 0 Å². The monoisotopic (exact) mass is 317 g/mol. The van der Waals surface area contributed by atoms with E-state index in [0.29, 0.717) is 6.42 Å². The van der Waals surface area contributed by atoms with Crippen LogP contribution in [0.5, 0.6) is 0 Å². The highest BCUT2D eigenvalue weighted by Gasteiger charge is 2.25. The lowest BCUT2D eigenvalue weighted by Crippen LogP contribution is -2.20. The van der Waals surface area contributed by atoms with Crippen LogP contribution in [0, 0.1) is 11.3 Å². The third kappa shape index (κ3) is 2.70. The van der Waals surface area contributed by atoms with Crippen molar-refractivity contribution in [2.24, 2.45) is 0 Å². The van der Waals surface area contributed by atoms with Gasteiger partial charge in [-0.05, 0) is 32.6 Å². The number of aromatic nitrogens is 1. The summed E-state index contributed by atoms with van der Waals surface area (Å²) in [6.45, 7) is 3.08. The molecule has 3 aromatic rings. The van der Waals surface area contributed by atoms with E-state index in [0.717, 1.165) is 6.54 Å². The lowest BCUT2D eigenvalue weighted by Gasteiger charge is -2.24. The third-order valence-corrected chi connectivity index (χ3v) is 4.61. The highest BCUT2D eigenvalue weighted by Crippen LogP contribution is 2.40. The third-order valence-electron chi connectivity index (χ3n) is 4.61. The average molecular weight is 317 g/mol. The van der Waals surface area contributed by atoms with Crippen LogP contribution in [0.4, 0.5) is 0 Å². The van der Waals surface area contributed by atoms with Crippen LogP contribution in [0.25, 0.3) is 22.2 Å². The summed E-state index contributed by atoms with van der Waals surface area (Å²) in [6, 6.07) is 21.5. The SMILES string of the molecule is CCn1c(-c2ccccc2)c(C(CC#N)N(C)C)c2ccccc21. The van der Waals surface area contributed by atoms with E-state index in [1.165, 1.54) is 27.7 Å². The van der Waals surface area contributed by atoms with Crippen molar-refractivity contribution in [3.8, 4) is 17.3 Å². The molecule has 122 valence electrons. The van der Waals surface area contributed by atoms with E-state index in [1.807, 2.05) is 6.07 Å². The van der Waals surface area contributed by atoms with Gasteiger partial charge in [-0.25, -0.2) is 0 Å². The predicted octanol–water partition coefficient (Wildman–Crippen LogP) is 4.84. The number of nitriles is 1. The fourth-order valence-electron chi connectivity index (χ4n) is 3.53. The van der Waals surface area contributed by atoms with E-state index in [2.05, 4.69) is 85.1 Å². The maximum atomic E-state index is 9.36. The van der Waals surface area contributed by atoms with Gasteiger partial charge in [-0.3, -0.25) is 0 Å². The van der Waals surface area contributed by atoms with Crippen molar-refractivity contribution >= 4 is 10.9 Å². The summed E-state index contributed by atoms with van der Waals surface area (Å²) in [4.78, 5) is 2.15. The average Bonchev–Trinajstić information content (AvgIpc) is 2.94. The first-order valence-electron chi connectivity index (χ1n) is 8.39. The van der Waals surface area contributed by atoms with Crippen LogP contribution in [0.15, 0.2) is 54.6 Å². The van der Waals surface area contributed by atoms with Gasteiger partial charge in [0.2, 0.25) is 0 Å². The minimum atomic E-state index is 0.0721. The first kappa shape index (κ1) is 16.3. The first-order valence-corrected chi connectivity index (χ1v) is 8.39. The number of fused-ring (bicyclic) bond motifs is 1. The van der Waals surface area contributed by atoms with Crippen LogP contribution in [0.1, 0.15) is 24.9 Å². The van der Waals surface area contributed by atoms with Crippen molar-refractivity contribution < 1.29 is 0 Å². The van der Waals surface area contributed by atoms with Gasteiger partial charge in [0.1, 0.15) is 0 Å². The zero-order valence-corrected chi connectivity index (χ0v) is 14.5. The second-order valence-electron chi connectivity index (χ2n) is 6.23. The van der Waals surface area contributed by atoms with Crippen molar-refractivity contribution in [1.29, 1.82) is 5.26 Å². The summed E-state index contributed by atoms with van der Waals surface area (Å²) in [5.74, 6) is 0. The summed E-state index contributed by atoms with van der Waals surface area (Å²) in [6.07, 6.45) is 0.477. The van der Waals surface area contributed by atoms with Crippen molar-refractivity contribution in [3.63, 3.8) is 0 Å². The van der Waals surface area contributed by atoms with Crippen LogP contribution >= 0.6 is 0 Å². The molecule has 3 heteroatoms. The van der Waals surface area contributed by atoms with E-state index in [1.54, 1.807) is 0 Å². The fourth-order valence-corrected chi connectivity index (χ4v) is 3.53. The van der Waals surface area contributed by atoms with Gasteiger partial charge in [0, 0.05) is 29.1 Å². The Kier molecular flexibility index (Phi) is 4.69. The molecule has 24 heavy (non-hydrogen) atoms. The van der Waals surface area contributed by atoms with Gasteiger partial charge in [0.25, 0.3) is 0 Å². The molecule has 1 heterocycles. The zero-order valence-electron chi connectivity index (χ0n) is 14.5. The number of aryl methyl sites for hydroxylation is 1. The van der Waals surface area contributed by atoms with Gasteiger partial charge in [-0.2, -0.15) is 5.26 Å². The molecule has 0 radical (unpaired) electrons. The largest absolute Gasteiger partial charge is 0.340 e. The molecule has 2 aromatic carbocycles. The Morgan fingerprint density at radius 3 is 2.33 bits per heavy atom. The molecule has 0 fully saturated rings. The molecular formula is C21H23N3. The van der Waals surface area contributed by atoms with Gasteiger partial charge in [0.15, 0.2) is 0 Å². The van der Waals surface area contributed by atoms with E-state index in [-0.39, 0.29) is 6.04 Å². The summed E-state index contributed by atoms with van der Waals surface area (Å²) < 4.78 is 2.37. The number of hydrogen-bond acceptors (Lipinski definition) is 2. The molecule has 0 saturated carbocycles. The molecule has 1 aromatic heterocycles. The van der Waals surface area contributed by atoms with Crippen molar-refractivity contribution in [3.05, 3.63) is 60.2 Å². The molecule has 0 aliphatic rings. The first-order chi connectivity index (χ1) is 11.7. The van der Waals surface area contributed by atoms with Crippen LogP contribution in [0.2, 0.25) is 0 Å². The fraction of sp³-hybridized carbons (Fsp3) is 0.286. The summed E-state index contributed by atoms with van der Waals surface area (Å²) in [5, 5.41) is 10.6. The molecule has 0 saturated heterocycles. The zero-order chi connectivity index (χ0) is 17.1. The number of nitrogens with zero attached hydrogens (tertiary/aromatic N) is 3. The second-order valence-corrected chi connectivity index (χ2v) is 6.23. The molecule has 3 rings (SSSR count). The normalized spacial score (nSPS) is 12.5. The minimum absolute atomic E-state index is 0.0721. The highest BCUT2D eigenvalue weighted by molar-refractivity contribution is 5.92. The number of benzene rings is 2. The van der Waals surface area contributed by atoms with Crippen molar-refractivity contribution in [1.82, 2.24) is 9.47 Å². The van der Waals surface area contributed by atoms with Crippen molar-refractivity contribution in [2.75, 3.05) is 14.1 Å². The van der Waals surface area contributed by atoms with Gasteiger partial charge >= 0.3 is 0 Å². The standard InChI is InChI=1S/C21H23N3/c1-4-24-18-13-9-8-12-17(18)20(19(14-15-22)23(2)3)21(24)16-10-6-5-7-11-16/h5-13,19H,4,14H2,1-3H3. The quantitative estimate of drug-likeness (QED) is 0.674. The van der Waals surface area contributed by atoms with Gasteiger partial charge in [0.05, 0.1) is 18.2 Å². The van der Waals surface area contributed by atoms with E-state index in [9.17, 15) is 5.26 Å². The van der Waals surface area contributed by atoms with Gasteiger partial charge < -0.3 is 9.47 Å². The Morgan fingerprint density at radius 2 is 1.71 bits per heavy atom. The van der Waals surface area contributed by atoms with Crippen LogP contribution < -0.4 is 0 Å². The minimum Gasteiger partial charge on any atom is -0.340 e. The molecule has 0 N–H and O–H groups in total. The predicted molar refractivity (Wildman–Crippen MR) is 99.7 cm³/mol. The lowest BCUT2D eigenvalue weighted by molar-refractivity contribution is 0.305. The van der Waals surface area contributed by atoms with Crippen LogP contribution in [-0.4, -0.2) is 23.6 Å². The Morgan fingerprint density at radius 1 is 1.04 bits per heavy atom. The number of hydrogen-bond donors (Lipinski definition) is 0. The molecule has 1 unspecified atom stereocenters. The molecule has 1 atom stereocenters. The van der Waals surface area contributed by atoms with Crippen LogP contribution in [-0.2, 0) is 6.54 Å². The Labute approximate surface area is 143 Å². The molecule has 0 amide bonds. The molecule has 3 nitrogen and oxygen atoms in total. The molecule has 0 aliphatic heterocycles. The Hall–Kier alpha value is -2.57. The Balaban J connectivity index is 2.39. The van der Waals surface area contributed by atoms with E-state index >= 15 is 0 Å². The maximum Gasteiger partial charge on any atom is 0.0641 e. The summed E-state index contributed by atoms with van der Waals surface area (Å²) >= 11 is 0. The summed E-state index contributed by atoms with van der Waals surface area (Å²) in [7, 11) is 4.10. The maximum absolute atomic E-state index is 9.36. The number of para-hydroxylation sites is 1. The van der Waals surface area contributed by atoms with E-state index in [4.69, 9.17) is 0 Å². The Bertz CT molecular complexity index is 869. The number of rotatable bonds is 5. The smallest absolute Gasteiger partial charge is 0.0641 e. The van der Waals surface area contributed by atoms with E-state index < -0.39 is 0 Å². The topological polar surface area (TPSA) is 32.0 Å². The van der Waals surface area contributed by atoms with Crippen LogP contribution in [0.3, 0.4) is 0 Å². The molecule has 0 aliphatic carbocycles. The molecule has 0 bridgehead atoms.